The van der Waals surface area contributed by atoms with Crippen molar-refractivity contribution in [2.75, 3.05) is 13.7 Å². The first-order valence-corrected chi connectivity index (χ1v) is 13.4. The van der Waals surface area contributed by atoms with Crippen LogP contribution in [-0.4, -0.2) is 40.1 Å². The molecule has 10 heteroatoms. The fourth-order valence-electron chi connectivity index (χ4n) is 5.28. The first kappa shape index (κ1) is 27.5. The lowest BCUT2D eigenvalue weighted by atomic mass is 9.84. The lowest BCUT2D eigenvalue weighted by molar-refractivity contribution is -0.135. The van der Waals surface area contributed by atoms with Crippen LogP contribution in [0.4, 0.5) is 0 Å². The molecular weight excluding hydrogens is 556 g/mol. The van der Waals surface area contributed by atoms with Crippen molar-refractivity contribution in [3.05, 3.63) is 99.7 Å². The summed E-state index contributed by atoms with van der Waals surface area (Å²) in [4.78, 5) is 26.1. The second-order valence-electron chi connectivity index (χ2n) is 10.0. The van der Waals surface area contributed by atoms with Gasteiger partial charge in [0.2, 0.25) is 11.2 Å². The second-order valence-corrected chi connectivity index (χ2v) is 10.0. The molecule has 1 aliphatic rings. The van der Waals surface area contributed by atoms with Gasteiger partial charge in [0, 0.05) is 35.1 Å². The van der Waals surface area contributed by atoms with Crippen LogP contribution in [0.1, 0.15) is 29.0 Å². The molecule has 4 N–H and O–H groups in total. The fraction of sp³-hybridized carbons (Fsp3) is 0.152. The molecule has 6 rings (SSSR count). The molecule has 0 fully saturated rings. The number of phenolic OH excluding ortho intramolecular Hbond substituents is 3. The van der Waals surface area contributed by atoms with Gasteiger partial charge in [-0.3, -0.25) is 9.59 Å². The summed E-state index contributed by atoms with van der Waals surface area (Å²) in [7, 11) is 1.60. The van der Waals surface area contributed by atoms with Crippen molar-refractivity contribution in [1.82, 2.24) is 0 Å². The quantitative estimate of drug-likeness (QED) is 0.112. The first-order chi connectivity index (χ1) is 20.7. The van der Waals surface area contributed by atoms with E-state index < -0.39 is 40.3 Å². The number of aromatic hydroxyl groups is 4. The van der Waals surface area contributed by atoms with Gasteiger partial charge >= 0.3 is 5.97 Å². The number of hydrogen-bond donors (Lipinski definition) is 4. The largest absolute Gasteiger partial charge is 0.507 e. The Morgan fingerprint density at radius 2 is 1.65 bits per heavy atom. The zero-order chi connectivity index (χ0) is 30.2. The van der Waals surface area contributed by atoms with Gasteiger partial charge in [-0.2, -0.15) is 0 Å². The topological polar surface area (TPSA) is 156 Å². The predicted molar refractivity (Wildman–Crippen MR) is 155 cm³/mol. The summed E-state index contributed by atoms with van der Waals surface area (Å²) in [6, 6.07) is 19.6. The number of benzene rings is 4. The van der Waals surface area contributed by atoms with Crippen molar-refractivity contribution in [1.29, 1.82) is 0 Å². The van der Waals surface area contributed by atoms with Gasteiger partial charge in [0.15, 0.2) is 17.3 Å². The predicted octanol–water partition coefficient (Wildman–Crippen LogP) is 5.35. The summed E-state index contributed by atoms with van der Waals surface area (Å²) in [6.45, 7) is 0.334. The minimum Gasteiger partial charge on any atom is -0.507 e. The van der Waals surface area contributed by atoms with Crippen molar-refractivity contribution in [2.45, 2.75) is 18.8 Å². The minimum atomic E-state index is -0.927. The van der Waals surface area contributed by atoms with Crippen LogP contribution >= 0.6 is 0 Å². The molecule has 218 valence electrons. The van der Waals surface area contributed by atoms with E-state index in [1.807, 2.05) is 24.3 Å². The molecule has 0 radical (unpaired) electrons. The molecule has 1 aromatic heterocycles. The van der Waals surface area contributed by atoms with Gasteiger partial charge in [0.25, 0.3) is 0 Å². The molecule has 0 spiro atoms. The summed E-state index contributed by atoms with van der Waals surface area (Å²) in [5.74, 6) is -2.57. The van der Waals surface area contributed by atoms with Crippen LogP contribution in [0.15, 0.2) is 82.0 Å². The number of methoxy groups -OCH3 is 1. The average molecular weight is 583 g/mol. The molecule has 5 aromatic rings. The van der Waals surface area contributed by atoms with E-state index in [4.69, 9.17) is 18.6 Å². The Balaban J connectivity index is 1.45. The summed E-state index contributed by atoms with van der Waals surface area (Å²) in [5, 5.41) is 41.0. The van der Waals surface area contributed by atoms with E-state index >= 15 is 0 Å². The Hall–Kier alpha value is -5.64. The summed E-state index contributed by atoms with van der Waals surface area (Å²) >= 11 is 0. The highest BCUT2D eigenvalue weighted by molar-refractivity contribution is 5.94. The van der Waals surface area contributed by atoms with Crippen LogP contribution < -0.4 is 19.6 Å². The van der Waals surface area contributed by atoms with Gasteiger partial charge in [-0.05, 0) is 42.0 Å². The molecule has 2 heterocycles. The van der Waals surface area contributed by atoms with Crippen molar-refractivity contribution in [3.63, 3.8) is 0 Å². The summed E-state index contributed by atoms with van der Waals surface area (Å²) in [6.07, 6.45) is 0.487. The van der Waals surface area contributed by atoms with Crippen LogP contribution in [0, 0.1) is 0 Å². The van der Waals surface area contributed by atoms with Gasteiger partial charge < -0.3 is 39.1 Å². The SMILES string of the molecule is COc1ccc(CCOc2ccccc2[C@H]2CC(=O)Oc3cc(O)c4c(=O)c(O)c(-c5ccc(O)c(O)c5)oc4c32)cc1. The monoisotopic (exact) mass is 582 g/mol. The van der Waals surface area contributed by atoms with E-state index in [1.165, 1.54) is 12.1 Å². The number of hydrogen-bond acceptors (Lipinski definition) is 10. The van der Waals surface area contributed by atoms with Crippen LogP contribution in [0.2, 0.25) is 0 Å². The number of para-hydroxylation sites is 1. The molecule has 0 saturated heterocycles. The van der Waals surface area contributed by atoms with Gasteiger partial charge in [0.05, 0.1) is 20.1 Å². The number of ether oxygens (including phenoxy) is 3. The maximum atomic E-state index is 13.3. The minimum absolute atomic E-state index is 0.00682. The van der Waals surface area contributed by atoms with E-state index in [2.05, 4.69) is 0 Å². The summed E-state index contributed by atoms with van der Waals surface area (Å²) in [5.41, 5.74) is 1.03. The Labute approximate surface area is 244 Å². The Morgan fingerprint density at radius 3 is 2.40 bits per heavy atom. The molecule has 1 aliphatic heterocycles. The molecule has 0 unspecified atom stereocenters. The average Bonchev–Trinajstić information content (AvgIpc) is 3.00. The molecule has 0 bridgehead atoms. The number of carbonyl (C=O) groups is 1. The standard InChI is InChI=1S/C33H26O10/c1-40-19-9-6-17(7-10-19)12-13-41-25-5-3-2-4-20(25)21-15-27(37)42-26-16-24(36)29-30(38)31(39)32(43-33(29)28(21)26)18-8-11-22(34)23(35)14-18/h2-11,14,16,21,34-36,39H,12-13,15H2,1H3/t21-/m1/s1. The molecular formula is C33H26O10. The van der Waals surface area contributed by atoms with Crippen molar-refractivity contribution in [3.8, 4) is 51.6 Å². The van der Waals surface area contributed by atoms with Crippen molar-refractivity contribution in [2.24, 2.45) is 0 Å². The van der Waals surface area contributed by atoms with Gasteiger partial charge in [-0.15, -0.1) is 0 Å². The van der Waals surface area contributed by atoms with Gasteiger partial charge in [-0.25, -0.2) is 0 Å². The lowest BCUT2D eigenvalue weighted by Crippen LogP contribution is -2.22. The molecule has 10 nitrogen and oxygen atoms in total. The number of phenols is 3. The second kappa shape index (κ2) is 11.0. The van der Waals surface area contributed by atoms with Crippen LogP contribution in [-0.2, 0) is 11.2 Å². The maximum Gasteiger partial charge on any atom is 0.312 e. The molecule has 0 saturated carbocycles. The molecule has 4 aromatic carbocycles. The molecule has 0 amide bonds. The molecule has 0 aliphatic carbocycles. The highest BCUT2D eigenvalue weighted by Crippen LogP contribution is 2.48. The third-order valence-electron chi connectivity index (χ3n) is 7.40. The Morgan fingerprint density at radius 1 is 0.884 bits per heavy atom. The van der Waals surface area contributed by atoms with Gasteiger partial charge in [0.1, 0.15) is 34.0 Å². The highest BCUT2D eigenvalue weighted by atomic mass is 16.5. The highest BCUT2D eigenvalue weighted by Gasteiger charge is 2.35. The van der Waals surface area contributed by atoms with E-state index in [0.717, 1.165) is 23.4 Å². The molecule has 1 atom stereocenters. The van der Waals surface area contributed by atoms with E-state index in [-0.39, 0.29) is 34.5 Å². The zero-order valence-corrected chi connectivity index (χ0v) is 22.9. The number of rotatable bonds is 7. The fourth-order valence-corrected chi connectivity index (χ4v) is 5.28. The van der Waals surface area contributed by atoms with Crippen molar-refractivity contribution < 1.29 is 43.8 Å². The Bertz CT molecular complexity index is 1920. The lowest BCUT2D eigenvalue weighted by Gasteiger charge is -2.27. The third-order valence-corrected chi connectivity index (χ3v) is 7.40. The van der Waals surface area contributed by atoms with Crippen LogP contribution in [0.25, 0.3) is 22.3 Å². The van der Waals surface area contributed by atoms with Gasteiger partial charge in [-0.1, -0.05) is 30.3 Å². The third kappa shape index (κ3) is 5.03. The van der Waals surface area contributed by atoms with Crippen LogP contribution in [0.3, 0.4) is 0 Å². The first-order valence-electron chi connectivity index (χ1n) is 13.4. The zero-order valence-electron chi connectivity index (χ0n) is 22.9. The van der Waals surface area contributed by atoms with E-state index in [0.29, 0.717) is 29.9 Å². The van der Waals surface area contributed by atoms with E-state index in [9.17, 15) is 30.0 Å². The Kier molecular flexibility index (Phi) is 7.03. The normalized spacial score (nSPS) is 14.3. The smallest absolute Gasteiger partial charge is 0.312 e. The number of carbonyl (C=O) groups excluding carboxylic acids is 1. The maximum absolute atomic E-state index is 13.3. The van der Waals surface area contributed by atoms with Crippen LogP contribution in [0.5, 0.6) is 40.2 Å². The number of esters is 1. The van der Waals surface area contributed by atoms with Crippen molar-refractivity contribution >= 4 is 16.9 Å². The summed E-state index contributed by atoms with van der Waals surface area (Å²) < 4.78 is 22.9. The molecule has 43 heavy (non-hydrogen) atoms. The number of fused-ring (bicyclic) bond motifs is 3. The van der Waals surface area contributed by atoms with E-state index in [1.54, 1.807) is 31.4 Å².